The van der Waals surface area contributed by atoms with Gasteiger partial charge in [-0.1, -0.05) is 6.07 Å². The van der Waals surface area contributed by atoms with Gasteiger partial charge in [0.2, 0.25) is 0 Å². The van der Waals surface area contributed by atoms with Gasteiger partial charge in [0.15, 0.2) is 0 Å². The minimum Gasteiger partial charge on any atom is -0.665 e. The molecule has 6 nitrogen and oxygen atoms in total. The second kappa shape index (κ2) is 11.1. The molecule has 0 spiro atoms. The number of aliphatic carboxylic acids is 1. The van der Waals surface area contributed by atoms with Crippen molar-refractivity contribution in [2.45, 2.75) is 44.6 Å². The molecule has 0 aliphatic carbocycles. The SMILES string of the molecule is [NH-]C(CCOCCCCc1ccc2c(n1)NCCC2)C(=O)O.[Y]. The summed E-state index contributed by atoms with van der Waals surface area (Å²) >= 11 is 0. The molecule has 0 fully saturated rings. The van der Waals surface area contributed by atoms with Crippen molar-refractivity contribution < 1.29 is 47.3 Å². The number of rotatable bonds is 9. The Morgan fingerprint density at radius 1 is 1.39 bits per heavy atom. The number of aryl methyl sites for hydroxylation is 2. The third kappa shape index (κ3) is 7.25. The van der Waals surface area contributed by atoms with Crippen LogP contribution in [0.5, 0.6) is 0 Å². The van der Waals surface area contributed by atoms with Gasteiger partial charge < -0.3 is 20.9 Å². The average molecular weight is 395 g/mol. The van der Waals surface area contributed by atoms with Crippen molar-refractivity contribution in [3.8, 4) is 0 Å². The van der Waals surface area contributed by atoms with Crippen LogP contribution in [-0.2, 0) is 55.1 Å². The van der Waals surface area contributed by atoms with Crippen molar-refractivity contribution >= 4 is 11.8 Å². The standard InChI is InChI=1S/C16H24N3O3.Y/c17-14(16(20)21)8-11-22-10-2-1-5-13-7-6-12-4-3-9-18-15(12)19-13;/h6-7,14,17H,1-5,8-11H2,(H,18,19)(H,20,21);/q-1;. The first-order valence-corrected chi connectivity index (χ1v) is 7.91. The fourth-order valence-corrected chi connectivity index (χ4v) is 2.45. The Hall–Kier alpha value is -0.556. The molecule has 2 rings (SSSR count). The quantitative estimate of drug-likeness (QED) is 0.627. The molecular weight excluding hydrogens is 371 g/mol. The summed E-state index contributed by atoms with van der Waals surface area (Å²) in [6, 6.07) is 3.19. The van der Waals surface area contributed by atoms with E-state index in [1.165, 1.54) is 12.0 Å². The molecule has 0 bridgehead atoms. The topological polar surface area (TPSA) is 95.3 Å². The minimum absolute atomic E-state index is 0. The summed E-state index contributed by atoms with van der Waals surface area (Å²) in [6.45, 7) is 1.95. The minimum atomic E-state index is -1.09. The van der Waals surface area contributed by atoms with Crippen LogP contribution in [0, 0.1) is 0 Å². The van der Waals surface area contributed by atoms with Crippen LogP contribution in [0.1, 0.15) is 36.9 Å². The smallest absolute Gasteiger partial charge is 0.285 e. The van der Waals surface area contributed by atoms with Crippen LogP contribution in [0.4, 0.5) is 5.82 Å². The first-order valence-electron chi connectivity index (χ1n) is 7.91. The zero-order chi connectivity index (χ0) is 15.8. The molecule has 0 amide bonds. The summed E-state index contributed by atoms with van der Waals surface area (Å²) in [6.07, 6.45) is 5.36. The Balaban J connectivity index is 0.00000264. The van der Waals surface area contributed by atoms with Gasteiger partial charge >= 0.3 is 0 Å². The number of pyridine rings is 1. The zero-order valence-corrected chi connectivity index (χ0v) is 16.2. The number of hydrogen-bond acceptors (Lipinski definition) is 4. The summed E-state index contributed by atoms with van der Waals surface area (Å²) in [5, 5.41) is 11.9. The summed E-state index contributed by atoms with van der Waals surface area (Å²) in [5.41, 5.74) is 9.65. The molecule has 3 N–H and O–H groups in total. The molecule has 1 aromatic heterocycles. The van der Waals surface area contributed by atoms with E-state index in [9.17, 15) is 4.79 Å². The van der Waals surface area contributed by atoms with Crippen LogP contribution in [-0.4, -0.2) is 41.9 Å². The number of carboxylic acid groups (broad SMARTS) is 1. The molecular formula is C16H24N3O3Y-. The molecule has 1 atom stereocenters. The van der Waals surface area contributed by atoms with Gasteiger partial charge in [-0.25, -0.2) is 4.98 Å². The third-order valence-corrected chi connectivity index (χ3v) is 3.77. The molecule has 0 saturated carbocycles. The Labute approximate surface area is 162 Å². The molecule has 125 valence electrons. The fraction of sp³-hybridized carbons (Fsp3) is 0.625. The number of ether oxygens (including phenoxy) is 1. The maximum absolute atomic E-state index is 10.5. The first-order chi connectivity index (χ1) is 10.7. The van der Waals surface area contributed by atoms with E-state index in [1.807, 2.05) is 0 Å². The van der Waals surface area contributed by atoms with Crippen LogP contribution in [0.25, 0.3) is 5.73 Å². The molecule has 1 aliphatic heterocycles. The van der Waals surface area contributed by atoms with Gasteiger partial charge in [0, 0.05) is 58.2 Å². The number of fused-ring (bicyclic) bond motifs is 1. The zero-order valence-electron chi connectivity index (χ0n) is 13.4. The third-order valence-electron chi connectivity index (χ3n) is 3.77. The predicted octanol–water partition coefficient (Wildman–Crippen LogP) is 2.67. The van der Waals surface area contributed by atoms with Crippen molar-refractivity contribution in [3.05, 3.63) is 29.1 Å². The summed E-state index contributed by atoms with van der Waals surface area (Å²) in [4.78, 5) is 15.1. The molecule has 1 aromatic rings. The van der Waals surface area contributed by atoms with Gasteiger partial charge in [0.25, 0.3) is 5.97 Å². The van der Waals surface area contributed by atoms with E-state index >= 15 is 0 Å². The van der Waals surface area contributed by atoms with E-state index in [0.29, 0.717) is 13.2 Å². The number of anilines is 1. The molecule has 0 saturated heterocycles. The van der Waals surface area contributed by atoms with E-state index in [-0.39, 0.29) is 39.1 Å². The van der Waals surface area contributed by atoms with Gasteiger partial charge in [0.1, 0.15) is 5.82 Å². The molecule has 0 aromatic carbocycles. The van der Waals surface area contributed by atoms with Crippen LogP contribution in [0.15, 0.2) is 12.1 Å². The predicted molar refractivity (Wildman–Crippen MR) is 85.2 cm³/mol. The van der Waals surface area contributed by atoms with Gasteiger partial charge in [-0.15, -0.1) is 0 Å². The number of carboxylic acids is 1. The van der Waals surface area contributed by atoms with Crippen molar-refractivity contribution in [1.29, 1.82) is 0 Å². The number of carbonyl (C=O) groups is 1. The maximum Gasteiger partial charge on any atom is 0.285 e. The Kier molecular flexibility index (Phi) is 9.87. The number of unbranched alkanes of at least 4 members (excludes halogenated alkanes) is 1. The molecule has 2 heterocycles. The van der Waals surface area contributed by atoms with Crippen LogP contribution < -0.4 is 5.32 Å². The van der Waals surface area contributed by atoms with Gasteiger partial charge in [0.05, 0.1) is 0 Å². The van der Waals surface area contributed by atoms with Crippen LogP contribution >= 0.6 is 0 Å². The molecule has 1 radical (unpaired) electrons. The maximum atomic E-state index is 10.5. The van der Waals surface area contributed by atoms with E-state index in [1.54, 1.807) is 0 Å². The van der Waals surface area contributed by atoms with E-state index in [4.69, 9.17) is 15.6 Å². The van der Waals surface area contributed by atoms with E-state index < -0.39 is 12.0 Å². The van der Waals surface area contributed by atoms with E-state index in [0.717, 1.165) is 43.7 Å². The molecule has 1 unspecified atom stereocenters. The van der Waals surface area contributed by atoms with Crippen molar-refractivity contribution in [3.63, 3.8) is 0 Å². The second-order valence-electron chi connectivity index (χ2n) is 5.59. The summed E-state index contributed by atoms with van der Waals surface area (Å²) < 4.78 is 5.37. The molecule has 23 heavy (non-hydrogen) atoms. The summed E-state index contributed by atoms with van der Waals surface area (Å²) in [7, 11) is 0. The monoisotopic (exact) mass is 395 g/mol. The fourth-order valence-electron chi connectivity index (χ4n) is 2.45. The largest absolute Gasteiger partial charge is 0.665 e. The molecule has 1 aliphatic rings. The Morgan fingerprint density at radius 3 is 3.00 bits per heavy atom. The van der Waals surface area contributed by atoms with Gasteiger partial charge in [-0.2, -0.15) is 0 Å². The first kappa shape index (κ1) is 20.5. The average Bonchev–Trinajstić information content (AvgIpc) is 2.53. The van der Waals surface area contributed by atoms with Gasteiger partial charge in [-0.3, -0.25) is 4.79 Å². The normalized spacial score (nSPS) is 14.3. The van der Waals surface area contributed by atoms with Crippen molar-refractivity contribution in [1.82, 2.24) is 4.98 Å². The Morgan fingerprint density at radius 2 is 2.22 bits per heavy atom. The van der Waals surface area contributed by atoms with Crippen LogP contribution in [0.3, 0.4) is 0 Å². The number of nitrogens with zero attached hydrogens (tertiary/aromatic N) is 1. The van der Waals surface area contributed by atoms with Crippen molar-refractivity contribution in [2.75, 3.05) is 25.1 Å². The number of aromatic nitrogens is 1. The number of nitrogens with one attached hydrogen (secondary N) is 2. The second-order valence-corrected chi connectivity index (χ2v) is 5.59. The molecule has 7 heteroatoms. The van der Waals surface area contributed by atoms with Gasteiger partial charge in [-0.05, 0) is 56.2 Å². The number of hydrogen-bond donors (Lipinski definition) is 2. The van der Waals surface area contributed by atoms with Crippen LogP contribution in [0.2, 0.25) is 0 Å². The van der Waals surface area contributed by atoms with E-state index in [2.05, 4.69) is 22.4 Å². The Bertz CT molecular complexity index is 499. The summed E-state index contributed by atoms with van der Waals surface area (Å²) in [5.74, 6) is -0.0501. The van der Waals surface area contributed by atoms with Crippen molar-refractivity contribution in [2.24, 2.45) is 0 Å².